The largest absolute Gasteiger partial charge is 0.294 e. The fourth-order valence-corrected chi connectivity index (χ4v) is 2.75. The number of carbonyl (C=O) groups excluding carboxylic acids is 1. The molecule has 1 heterocycles. The fraction of sp³-hybridized carbons (Fsp3) is 0.222. The van der Waals surface area contributed by atoms with Crippen LogP contribution in [-0.2, 0) is 14.6 Å². The second-order valence-electron chi connectivity index (χ2n) is 3.29. The number of para-hydroxylation sites is 1. The Morgan fingerprint density at radius 1 is 1.27 bits per heavy atom. The van der Waals surface area contributed by atoms with Gasteiger partial charge < -0.3 is 0 Å². The summed E-state index contributed by atoms with van der Waals surface area (Å²) in [4.78, 5) is 12.3. The molecular weight excluding hydrogens is 221 g/mol. The number of carbonyl (C=O) groups is 1. The number of anilines is 1. The summed E-state index contributed by atoms with van der Waals surface area (Å²) in [6.07, 6.45) is 0. The van der Waals surface area contributed by atoms with E-state index in [0.29, 0.717) is 0 Å². The Labute approximate surface area is 86.2 Å². The van der Waals surface area contributed by atoms with Crippen molar-refractivity contribution in [1.82, 2.24) is 0 Å². The van der Waals surface area contributed by atoms with Gasteiger partial charge >= 0.3 is 0 Å². The molecule has 2 rings (SSSR count). The molecular formula is C9H8FNO3S. The van der Waals surface area contributed by atoms with Crippen molar-refractivity contribution in [3.63, 3.8) is 0 Å². The molecule has 1 aromatic rings. The summed E-state index contributed by atoms with van der Waals surface area (Å²) in [5.41, 5.74) is 0.0172. The predicted molar refractivity (Wildman–Crippen MR) is 52.5 cm³/mol. The monoisotopic (exact) mass is 229 g/mol. The number of amides is 1. The second-order valence-corrected chi connectivity index (χ2v) is 5.32. The summed E-state index contributed by atoms with van der Waals surface area (Å²) in [5, 5.41) is 0. The maximum absolute atomic E-state index is 13.3. The Kier molecular flexibility index (Phi) is 2.22. The van der Waals surface area contributed by atoms with Gasteiger partial charge in [0, 0.05) is 0 Å². The Bertz CT molecular complexity index is 512. The normalized spacial score (nSPS) is 19.5. The highest BCUT2D eigenvalue weighted by Crippen LogP contribution is 2.23. The molecule has 0 spiro atoms. The van der Waals surface area contributed by atoms with Gasteiger partial charge in [-0.1, -0.05) is 12.1 Å². The summed E-state index contributed by atoms with van der Waals surface area (Å²) in [6.45, 7) is 0. The third-order valence-corrected chi connectivity index (χ3v) is 3.45. The molecule has 0 saturated carbocycles. The van der Waals surface area contributed by atoms with Crippen LogP contribution in [0.3, 0.4) is 0 Å². The first-order chi connectivity index (χ1) is 6.99. The predicted octanol–water partition coefficient (Wildman–Crippen LogP) is 0.545. The molecule has 0 aliphatic carbocycles. The molecule has 4 nitrogen and oxygen atoms in total. The van der Waals surface area contributed by atoms with E-state index in [4.69, 9.17) is 0 Å². The molecule has 0 radical (unpaired) electrons. The number of hydrogen-bond acceptors (Lipinski definition) is 3. The van der Waals surface area contributed by atoms with Crippen LogP contribution < -0.4 is 4.90 Å². The van der Waals surface area contributed by atoms with Crippen LogP contribution in [0.15, 0.2) is 24.3 Å². The summed E-state index contributed by atoms with van der Waals surface area (Å²) in [6, 6.07) is 5.60. The van der Waals surface area contributed by atoms with Crippen molar-refractivity contribution in [2.45, 2.75) is 0 Å². The summed E-state index contributed by atoms with van der Waals surface area (Å²) >= 11 is 0. The van der Waals surface area contributed by atoms with E-state index < -0.39 is 33.2 Å². The van der Waals surface area contributed by atoms with Crippen molar-refractivity contribution in [2.75, 3.05) is 16.5 Å². The van der Waals surface area contributed by atoms with Crippen LogP contribution in [0.1, 0.15) is 0 Å². The van der Waals surface area contributed by atoms with E-state index in [1.165, 1.54) is 18.2 Å². The van der Waals surface area contributed by atoms with Crippen LogP contribution in [-0.4, -0.2) is 26.0 Å². The van der Waals surface area contributed by atoms with Gasteiger partial charge in [0.15, 0.2) is 9.84 Å². The lowest BCUT2D eigenvalue weighted by atomic mass is 10.3. The van der Waals surface area contributed by atoms with Crippen molar-refractivity contribution in [2.24, 2.45) is 0 Å². The van der Waals surface area contributed by atoms with Gasteiger partial charge in [-0.25, -0.2) is 12.8 Å². The van der Waals surface area contributed by atoms with Gasteiger partial charge in [0.1, 0.15) is 17.4 Å². The van der Waals surface area contributed by atoms with Gasteiger partial charge in [0.2, 0.25) is 5.91 Å². The highest BCUT2D eigenvalue weighted by molar-refractivity contribution is 7.92. The number of halogens is 1. The maximum atomic E-state index is 13.3. The van der Waals surface area contributed by atoms with Crippen molar-refractivity contribution in [1.29, 1.82) is 0 Å². The molecule has 1 aliphatic rings. The van der Waals surface area contributed by atoms with E-state index in [1.54, 1.807) is 6.07 Å². The highest BCUT2D eigenvalue weighted by Gasteiger charge is 2.35. The molecule has 1 fully saturated rings. The van der Waals surface area contributed by atoms with E-state index in [2.05, 4.69) is 0 Å². The Hall–Kier alpha value is -1.43. The zero-order chi connectivity index (χ0) is 11.1. The van der Waals surface area contributed by atoms with Gasteiger partial charge in [-0.3, -0.25) is 9.69 Å². The van der Waals surface area contributed by atoms with Crippen LogP contribution >= 0.6 is 0 Å². The average molecular weight is 229 g/mol. The first-order valence-corrected chi connectivity index (χ1v) is 6.07. The third-order valence-electron chi connectivity index (χ3n) is 2.11. The standard InChI is InChI=1S/C9H8FNO3S/c10-7-3-1-2-4-8(7)11-6-15(13,14)5-9(11)12/h1-4H,5-6H2. The zero-order valence-electron chi connectivity index (χ0n) is 7.68. The van der Waals surface area contributed by atoms with Crippen LogP contribution in [0.25, 0.3) is 0 Å². The molecule has 0 bridgehead atoms. The minimum atomic E-state index is -3.40. The quantitative estimate of drug-likeness (QED) is 0.706. The lowest BCUT2D eigenvalue weighted by molar-refractivity contribution is -0.115. The number of sulfone groups is 1. The van der Waals surface area contributed by atoms with Crippen molar-refractivity contribution in [3.05, 3.63) is 30.1 Å². The third kappa shape index (κ3) is 1.85. The Balaban J connectivity index is 2.42. The molecule has 1 amide bonds. The number of rotatable bonds is 1. The molecule has 6 heteroatoms. The molecule has 80 valence electrons. The summed E-state index contributed by atoms with van der Waals surface area (Å²) in [7, 11) is -3.40. The zero-order valence-corrected chi connectivity index (χ0v) is 8.50. The smallest absolute Gasteiger partial charge is 0.243 e. The number of benzene rings is 1. The number of hydrogen-bond donors (Lipinski definition) is 0. The Morgan fingerprint density at radius 3 is 2.47 bits per heavy atom. The molecule has 15 heavy (non-hydrogen) atoms. The van der Waals surface area contributed by atoms with Crippen LogP contribution in [0, 0.1) is 5.82 Å². The van der Waals surface area contributed by atoms with E-state index in [0.717, 1.165) is 4.90 Å². The van der Waals surface area contributed by atoms with Gasteiger partial charge in [-0.15, -0.1) is 0 Å². The van der Waals surface area contributed by atoms with Crippen molar-refractivity contribution in [3.8, 4) is 0 Å². The van der Waals surface area contributed by atoms with Crippen LogP contribution in [0.4, 0.5) is 10.1 Å². The second kappa shape index (κ2) is 3.30. The minimum absolute atomic E-state index is 0.0172. The molecule has 1 aliphatic heterocycles. The average Bonchev–Trinajstić information content (AvgIpc) is 2.40. The minimum Gasteiger partial charge on any atom is -0.294 e. The summed E-state index contributed by atoms with van der Waals surface area (Å²) in [5.74, 6) is -2.16. The fourth-order valence-electron chi connectivity index (χ4n) is 1.45. The first-order valence-electron chi connectivity index (χ1n) is 4.25. The lowest BCUT2D eigenvalue weighted by Crippen LogP contribution is -2.26. The molecule has 0 N–H and O–H groups in total. The van der Waals surface area contributed by atoms with Crippen molar-refractivity contribution < 1.29 is 17.6 Å². The van der Waals surface area contributed by atoms with Crippen LogP contribution in [0.2, 0.25) is 0 Å². The van der Waals surface area contributed by atoms with E-state index in [9.17, 15) is 17.6 Å². The van der Waals surface area contributed by atoms with E-state index in [-0.39, 0.29) is 5.69 Å². The van der Waals surface area contributed by atoms with Crippen LogP contribution in [0.5, 0.6) is 0 Å². The van der Waals surface area contributed by atoms with Crippen molar-refractivity contribution >= 4 is 21.4 Å². The molecule has 0 unspecified atom stereocenters. The summed E-state index contributed by atoms with van der Waals surface area (Å²) < 4.78 is 35.6. The van der Waals surface area contributed by atoms with Gasteiger partial charge in [-0.2, -0.15) is 0 Å². The molecule has 0 aromatic heterocycles. The molecule has 0 atom stereocenters. The van der Waals surface area contributed by atoms with E-state index in [1.807, 2.05) is 0 Å². The highest BCUT2D eigenvalue weighted by atomic mass is 32.2. The Morgan fingerprint density at radius 2 is 1.93 bits per heavy atom. The first kappa shape index (κ1) is 10.1. The van der Waals surface area contributed by atoms with Gasteiger partial charge in [-0.05, 0) is 12.1 Å². The van der Waals surface area contributed by atoms with Gasteiger partial charge in [0.05, 0.1) is 5.69 Å². The lowest BCUT2D eigenvalue weighted by Gasteiger charge is -2.14. The van der Waals surface area contributed by atoms with Gasteiger partial charge in [0.25, 0.3) is 0 Å². The van der Waals surface area contributed by atoms with E-state index >= 15 is 0 Å². The molecule has 1 saturated heterocycles. The number of nitrogens with zero attached hydrogens (tertiary/aromatic N) is 1. The topological polar surface area (TPSA) is 54.5 Å². The SMILES string of the molecule is O=C1CS(=O)(=O)CN1c1ccccc1F. The molecule has 1 aromatic carbocycles. The maximum Gasteiger partial charge on any atom is 0.243 e.